The minimum atomic E-state index is -3.70. The molecule has 0 saturated carbocycles. The van der Waals surface area contributed by atoms with Crippen LogP contribution in [0.2, 0.25) is 0 Å². The number of anilines is 1. The molecule has 21 heavy (non-hydrogen) atoms. The van der Waals surface area contributed by atoms with E-state index in [4.69, 9.17) is 17.5 Å². The Labute approximate surface area is 128 Å². The fourth-order valence-corrected chi connectivity index (χ4v) is 2.94. The third-order valence-corrected chi connectivity index (χ3v) is 4.25. The Morgan fingerprint density at radius 3 is 2.24 bits per heavy atom. The van der Waals surface area contributed by atoms with Crippen LogP contribution in [0, 0.1) is 11.3 Å². The Morgan fingerprint density at radius 1 is 1.05 bits per heavy atom. The van der Waals surface area contributed by atoms with Crippen LogP contribution in [0.1, 0.15) is 5.56 Å². The van der Waals surface area contributed by atoms with Gasteiger partial charge in [0.25, 0.3) is 10.0 Å². The maximum absolute atomic E-state index is 12.1. The topological polar surface area (TPSA) is 82.0 Å². The first-order valence-electron chi connectivity index (χ1n) is 5.90. The first kappa shape index (κ1) is 15.0. The summed E-state index contributed by atoms with van der Waals surface area (Å²) >= 11 is 4.98. The van der Waals surface area contributed by atoms with Gasteiger partial charge in [0, 0.05) is 5.69 Å². The number of nitrogens with one attached hydrogen (secondary N) is 2. The summed E-state index contributed by atoms with van der Waals surface area (Å²) in [5, 5.41) is 11.4. The van der Waals surface area contributed by atoms with Crippen molar-refractivity contribution in [1.82, 2.24) is 4.72 Å². The molecule has 0 heterocycles. The molecule has 0 spiro atoms. The van der Waals surface area contributed by atoms with Gasteiger partial charge in [-0.3, -0.25) is 4.72 Å². The molecule has 0 aromatic heterocycles. The van der Waals surface area contributed by atoms with Crippen LogP contribution in [0.4, 0.5) is 5.69 Å². The predicted octanol–water partition coefficient (Wildman–Crippen LogP) is 2.23. The Kier molecular flexibility index (Phi) is 4.52. The average molecular weight is 317 g/mol. The minimum absolute atomic E-state index is 0.0384. The molecule has 2 rings (SSSR count). The second-order valence-corrected chi connectivity index (χ2v) is 6.15. The molecular weight excluding hydrogens is 306 g/mol. The summed E-state index contributed by atoms with van der Waals surface area (Å²) in [6, 6.07) is 16.4. The average Bonchev–Trinajstić information content (AvgIpc) is 2.48. The van der Waals surface area contributed by atoms with E-state index in [1.165, 1.54) is 12.1 Å². The molecule has 0 aliphatic rings. The molecule has 0 aliphatic heterocycles. The SMILES string of the molecule is N#Cc1ccc(NC(=S)NS(=O)(=O)c2ccccc2)cc1. The van der Waals surface area contributed by atoms with E-state index < -0.39 is 10.0 Å². The van der Waals surface area contributed by atoms with Crippen molar-refractivity contribution in [1.29, 1.82) is 5.26 Å². The molecule has 0 radical (unpaired) electrons. The van der Waals surface area contributed by atoms with Crippen molar-refractivity contribution in [2.75, 3.05) is 5.32 Å². The van der Waals surface area contributed by atoms with Gasteiger partial charge in [-0.15, -0.1) is 0 Å². The molecule has 0 unspecified atom stereocenters. The van der Waals surface area contributed by atoms with Gasteiger partial charge in [0.2, 0.25) is 0 Å². The van der Waals surface area contributed by atoms with Crippen molar-refractivity contribution in [2.45, 2.75) is 4.90 Å². The number of sulfonamides is 1. The van der Waals surface area contributed by atoms with Crippen LogP contribution >= 0.6 is 12.2 Å². The number of benzene rings is 2. The summed E-state index contributed by atoms with van der Waals surface area (Å²) in [6.45, 7) is 0. The first-order valence-corrected chi connectivity index (χ1v) is 7.79. The molecule has 2 N–H and O–H groups in total. The van der Waals surface area contributed by atoms with E-state index in [-0.39, 0.29) is 10.0 Å². The van der Waals surface area contributed by atoms with Gasteiger partial charge in [-0.05, 0) is 48.6 Å². The van der Waals surface area contributed by atoms with Crippen molar-refractivity contribution >= 4 is 33.0 Å². The second kappa shape index (κ2) is 6.35. The second-order valence-electron chi connectivity index (χ2n) is 4.06. The highest BCUT2D eigenvalue weighted by Gasteiger charge is 2.14. The van der Waals surface area contributed by atoms with E-state index in [0.29, 0.717) is 11.3 Å². The zero-order valence-electron chi connectivity index (χ0n) is 10.8. The molecule has 5 nitrogen and oxygen atoms in total. The van der Waals surface area contributed by atoms with Gasteiger partial charge in [0.1, 0.15) is 0 Å². The lowest BCUT2D eigenvalue weighted by molar-refractivity contribution is 0.593. The Hall–Kier alpha value is -2.43. The molecule has 0 atom stereocenters. The quantitative estimate of drug-likeness (QED) is 0.848. The monoisotopic (exact) mass is 317 g/mol. The van der Waals surface area contributed by atoms with E-state index in [0.717, 1.165) is 0 Å². The maximum atomic E-state index is 12.1. The number of hydrogen-bond acceptors (Lipinski definition) is 4. The Morgan fingerprint density at radius 2 is 1.67 bits per heavy atom. The zero-order valence-corrected chi connectivity index (χ0v) is 12.4. The van der Waals surface area contributed by atoms with E-state index in [1.54, 1.807) is 42.5 Å². The lowest BCUT2D eigenvalue weighted by Crippen LogP contribution is -2.34. The number of nitriles is 1. The highest BCUT2D eigenvalue weighted by atomic mass is 32.2. The van der Waals surface area contributed by atoms with Crippen LogP contribution in [-0.4, -0.2) is 13.5 Å². The van der Waals surface area contributed by atoms with Gasteiger partial charge >= 0.3 is 0 Å². The fourth-order valence-electron chi connectivity index (χ4n) is 1.57. The van der Waals surface area contributed by atoms with Gasteiger partial charge < -0.3 is 5.32 Å². The van der Waals surface area contributed by atoms with Crippen LogP contribution < -0.4 is 10.0 Å². The molecular formula is C14H11N3O2S2. The van der Waals surface area contributed by atoms with Crippen LogP contribution in [-0.2, 0) is 10.0 Å². The van der Waals surface area contributed by atoms with Crippen LogP contribution in [0.3, 0.4) is 0 Å². The molecule has 0 aliphatic carbocycles. The summed E-state index contributed by atoms with van der Waals surface area (Å²) < 4.78 is 26.4. The highest BCUT2D eigenvalue weighted by molar-refractivity contribution is 7.92. The van der Waals surface area contributed by atoms with Gasteiger partial charge in [-0.2, -0.15) is 5.26 Å². The van der Waals surface area contributed by atoms with Gasteiger partial charge in [0.05, 0.1) is 16.5 Å². The molecule has 0 saturated heterocycles. The molecule has 0 amide bonds. The first-order chi connectivity index (χ1) is 10.0. The molecule has 106 valence electrons. The Bertz CT molecular complexity index is 779. The fraction of sp³-hybridized carbons (Fsp3) is 0. The summed E-state index contributed by atoms with van der Waals surface area (Å²) in [7, 11) is -3.70. The minimum Gasteiger partial charge on any atom is -0.332 e. The zero-order chi connectivity index (χ0) is 15.3. The Balaban J connectivity index is 2.06. The van der Waals surface area contributed by atoms with E-state index in [9.17, 15) is 8.42 Å². The van der Waals surface area contributed by atoms with Crippen molar-refractivity contribution in [3.8, 4) is 6.07 Å². The van der Waals surface area contributed by atoms with E-state index in [2.05, 4.69) is 10.0 Å². The predicted molar refractivity (Wildman–Crippen MR) is 84.1 cm³/mol. The van der Waals surface area contributed by atoms with E-state index in [1.807, 2.05) is 6.07 Å². The summed E-state index contributed by atoms with van der Waals surface area (Å²) in [6.07, 6.45) is 0. The molecule has 2 aromatic carbocycles. The van der Waals surface area contributed by atoms with E-state index >= 15 is 0 Å². The van der Waals surface area contributed by atoms with Crippen LogP contribution in [0.5, 0.6) is 0 Å². The van der Waals surface area contributed by atoms with Gasteiger partial charge in [-0.25, -0.2) is 8.42 Å². The number of rotatable bonds is 3. The maximum Gasteiger partial charge on any atom is 0.263 e. The summed E-state index contributed by atoms with van der Waals surface area (Å²) in [5.41, 5.74) is 1.10. The number of nitrogens with zero attached hydrogens (tertiary/aromatic N) is 1. The van der Waals surface area contributed by atoms with Crippen molar-refractivity contribution < 1.29 is 8.42 Å². The molecule has 0 fully saturated rings. The smallest absolute Gasteiger partial charge is 0.263 e. The van der Waals surface area contributed by atoms with Crippen molar-refractivity contribution in [2.24, 2.45) is 0 Å². The van der Waals surface area contributed by atoms with Crippen molar-refractivity contribution in [3.63, 3.8) is 0 Å². The van der Waals surface area contributed by atoms with Crippen LogP contribution in [0.25, 0.3) is 0 Å². The molecule has 2 aromatic rings. The lowest BCUT2D eigenvalue weighted by atomic mass is 10.2. The number of hydrogen-bond donors (Lipinski definition) is 2. The number of thiocarbonyl (C=S) groups is 1. The van der Waals surface area contributed by atoms with Crippen molar-refractivity contribution in [3.05, 3.63) is 60.2 Å². The lowest BCUT2D eigenvalue weighted by Gasteiger charge is -2.11. The molecule has 7 heteroatoms. The van der Waals surface area contributed by atoms with Gasteiger partial charge in [-0.1, -0.05) is 18.2 Å². The standard InChI is InChI=1S/C14H11N3O2S2/c15-10-11-6-8-12(9-7-11)16-14(20)17-21(18,19)13-4-2-1-3-5-13/h1-9H,(H2,16,17,20). The van der Waals surface area contributed by atoms with Gasteiger partial charge in [0.15, 0.2) is 5.11 Å². The molecule has 0 bridgehead atoms. The normalized spacial score (nSPS) is 10.4. The highest BCUT2D eigenvalue weighted by Crippen LogP contribution is 2.10. The summed E-state index contributed by atoms with van der Waals surface area (Å²) in [4.78, 5) is 0.133. The summed E-state index contributed by atoms with van der Waals surface area (Å²) in [5.74, 6) is 0. The third-order valence-electron chi connectivity index (χ3n) is 2.55. The van der Waals surface area contributed by atoms with Crippen LogP contribution in [0.15, 0.2) is 59.5 Å². The largest absolute Gasteiger partial charge is 0.332 e. The third kappa shape index (κ3) is 4.02.